The van der Waals surface area contributed by atoms with Gasteiger partial charge in [0.05, 0.1) is 5.56 Å². The van der Waals surface area contributed by atoms with Crippen LogP contribution in [0.15, 0.2) is 48.5 Å². The summed E-state index contributed by atoms with van der Waals surface area (Å²) in [5.74, 6) is 0.186. The Morgan fingerprint density at radius 1 is 1.06 bits per heavy atom. The molecule has 0 bridgehead atoms. The van der Waals surface area contributed by atoms with Gasteiger partial charge in [-0.2, -0.15) is 0 Å². The Bertz CT molecular complexity index is 811. The minimum atomic E-state index is -0.611. The standard InChI is InChI=1S/C24H31FN2O3.ClH/c1-2-26-13-15-27(16-14-26)17-21(28)18-30-24-6-4-3-5-22(24)23(29)12-9-19-7-10-20(25)11-8-19;/h3-8,10-11,21,28H,2,9,12-18H2,1H3;1H. The SMILES string of the molecule is CCN1CCN(CC(O)COc2ccccc2C(=O)CCc2ccc(F)cc2)CC1.Cl. The Hall–Kier alpha value is -1.99. The zero-order valence-corrected chi connectivity index (χ0v) is 18.8. The number of hydrogen-bond donors (Lipinski definition) is 1. The lowest BCUT2D eigenvalue weighted by molar-refractivity contribution is 0.0467. The highest BCUT2D eigenvalue weighted by Gasteiger charge is 2.19. The summed E-state index contributed by atoms with van der Waals surface area (Å²) in [6.07, 6.45) is 0.247. The molecule has 1 N–H and O–H groups in total. The smallest absolute Gasteiger partial charge is 0.166 e. The Kier molecular flexibility index (Phi) is 10.4. The fourth-order valence-electron chi connectivity index (χ4n) is 3.69. The minimum Gasteiger partial charge on any atom is -0.490 e. The average Bonchev–Trinajstić information content (AvgIpc) is 2.78. The van der Waals surface area contributed by atoms with E-state index in [1.165, 1.54) is 12.1 Å². The number of carbonyl (C=O) groups is 1. The summed E-state index contributed by atoms with van der Waals surface area (Å²) in [4.78, 5) is 17.3. The Morgan fingerprint density at radius 3 is 2.39 bits per heavy atom. The number of Topliss-reactive ketones (excluding diaryl/α,β-unsaturated/α-hetero) is 1. The summed E-state index contributed by atoms with van der Waals surface area (Å²) in [5, 5.41) is 10.4. The lowest BCUT2D eigenvalue weighted by Crippen LogP contribution is -2.49. The van der Waals surface area contributed by atoms with Crippen LogP contribution in [0.5, 0.6) is 5.75 Å². The summed E-state index contributed by atoms with van der Waals surface area (Å²) in [7, 11) is 0. The second-order valence-electron chi connectivity index (χ2n) is 7.75. The van der Waals surface area contributed by atoms with Gasteiger partial charge in [0.1, 0.15) is 24.3 Å². The van der Waals surface area contributed by atoms with Gasteiger partial charge in [-0.15, -0.1) is 12.4 Å². The molecule has 31 heavy (non-hydrogen) atoms. The van der Waals surface area contributed by atoms with Crippen LogP contribution in [-0.4, -0.2) is 72.7 Å². The zero-order chi connectivity index (χ0) is 21.3. The van der Waals surface area contributed by atoms with E-state index in [9.17, 15) is 14.3 Å². The molecule has 1 aliphatic rings. The Labute approximate surface area is 190 Å². The van der Waals surface area contributed by atoms with Gasteiger partial charge < -0.3 is 14.7 Å². The summed E-state index contributed by atoms with van der Waals surface area (Å²) in [5.41, 5.74) is 1.44. The van der Waals surface area contributed by atoms with Gasteiger partial charge in [0, 0.05) is 39.1 Å². The summed E-state index contributed by atoms with van der Waals surface area (Å²) < 4.78 is 18.8. The van der Waals surface area contributed by atoms with Crippen LogP contribution >= 0.6 is 12.4 Å². The molecule has 0 aliphatic carbocycles. The molecule has 170 valence electrons. The van der Waals surface area contributed by atoms with Crippen molar-refractivity contribution in [1.82, 2.24) is 9.80 Å². The largest absolute Gasteiger partial charge is 0.490 e. The molecule has 7 heteroatoms. The van der Waals surface area contributed by atoms with Gasteiger partial charge >= 0.3 is 0 Å². The fourth-order valence-corrected chi connectivity index (χ4v) is 3.69. The topological polar surface area (TPSA) is 53.0 Å². The van der Waals surface area contributed by atoms with E-state index in [1.807, 2.05) is 12.1 Å². The first kappa shape index (κ1) is 25.3. The second kappa shape index (κ2) is 12.8. The molecule has 0 spiro atoms. The van der Waals surface area contributed by atoms with E-state index in [0.717, 1.165) is 38.3 Å². The molecule has 5 nitrogen and oxygen atoms in total. The first-order valence-corrected chi connectivity index (χ1v) is 10.7. The predicted octanol–water partition coefficient (Wildman–Crippen LogP) is 3.44. The number of β-amino-alcohol motifs (C(OH)–C–C–N with tert-alkyl or cyclic N) is 1. The minimum absolute atomic E-state index is 0. The average molecular weight is 451 g/mol. The van der Waals surface area contributed by atoms with Gasteiger partial charge in [-0.3, -0.25) is 9.69 Å². The maximum Gasteiger partial charge on any atom is 0.166 e. The normalized spacial score (nSPS) is 15.8. The van der Waals surface area contributed by atoms with Crippen molar-refractivity contribution >= 4 is 18.2 Å². The van der Waals surface area contributed by atoms with Gasteiger partial charge in [0.15, 0.2) is 5.78 Å². The van der Waals surface area contributed by atoms with Crippen LogP contribution in [-0.2, 0) is 6.42 Å². The third-order valence-electron chi connectivity index (χ3n) is 5.55. The maximum atomic E-state index is 13.0. The molecule has 1 fully saturated rings. The third kappa shape index (κ3) is 7.89. The Balaban J connectivity index is 0.00000341. The number of carbonyl (C=O) groups excluding carboxylic acids is 1. The van der Waals surface area contributed by atoms with E-state index in [-0.39, 0.29) is 30.6 Å². The van der Waals surface area contributed by atoms with Crippen molar-refractivity contribution in [3.05, 3.63) is 65.5 Å². The maximum absolute atomic E-state index is 13.0. The van der Waals surface area contributed by atoms with Crippen LogP contribution in [0.3, 0.4) is 0 Å². The number of hydrogen-bond acceptors (Lipinski definition) is 5. The van der Waals surface area contributed by atoms with Crippen LogP contribution in [0.4, 0.5) is 4.39 Å². The van der Waals surface area contributed by atoms with Gasteiger partial charge in [-0.05, 0) is 42.8 Å². The number of aryl methyl sites for hydroxylation is 1. The van der Waals surface area contributed by atoms with E-state index < -0.39 is 6.10 Å². The number of para-hydroxylation sites is 1. The highest BCUT2D eigenvalue weighted by atomic mass is 35.5. The van der Waals surface area contributed by atoms with Crippen molar-refractivity contribution in [1.29, 1.82) is 0 Å². The second-order valence-corrected chi connectivity index (χ2v) is 7.75. The van der Waals surface area contributed by atoms with E-state index in [4.69, 9.17) is 4.74 Å². The summed E-state index contributed by atoms with van der Waals surface area (Å²) in [6, 6.07) is 13.3. The van der Waals surface area contributed by atoms with Crippen molar-refractivity contribution in [2.75, 3.05) is 45.9 Å². The molecule has 1 unspecified atom stereocenters. The zero-order valence-electron chi connectivity index (χ0n) is 18.0. The van der Waals surface area contributed by atoms with Gasteiger partial charge in [-0.25, -0.2) is 4.39 Å². The fraction of sp³-hybridized carbons (Fsp3) is 0.458. The molecule has 3 rings (SSSR count). The molecule has 1 heterocycles. The quantitative estimate of drug-likeness (QED) is 0.562. The summed E-state index contributed by atoms with van der Waals surface area (Å²) in [6.45, 7) is 7.88. The number of ketones is 1. The van der Waals surface area contributed by atoms with Crippen LogP contribution in [0, 0.1) is 5.82 Å². The van der Waals surface area contributed by atoms with Gasteiger partial charge in [0.2, 0.25) is 0 Å². The molecule has 0 saturated carbocycles. The van der Waals surface area contributed by atoms with Gasteiger partial charge in [-0.1, -0.05) is 31.2 Å². The van der Waals surface area contributed by atoms with Gasteiger partial charge in [0.25, 0.3) is 0 Å². The van der Waals surface area contributed by atoms with Crippen molar-refractivity contribution in [2.45, 2.75) is 25.9 Å². The van der Waals surface area contributed by atoms with Crippen molar-refractivity contribution < 1.29 is 19.0 Å². The highest BCUT2D eigenvalue weighted by Crippen LogP contribution is 2.21. The molecule has 1 aliphatic heterocycles. The highest BCUT2D eigenvalue weighted by molar-refractivity contribution is 5.98. The van der Waals surface area contributed by atoms with Crippen LogP contribution in [0.25, 0.3) is 0 Å². The molecular weight excluding hydrogens is 419 g/mol. The molecule has 1 atom stereocenters. The number of aliphatic hydroxyl groups excluding tert-OH is 1. The number of piperazine rings is 1. The number of halogens is 2. The van der Waals surface area contributed by atoms with Crippen LogP contribution in [0.2, 0.25) is 0 Å². The number of nitrogens with zero attached hydrogens (tertiary/aromatic N) is 2. The lowest BCUT2D eigenvalue weighted by Gasteiger charge is -2.34. The first-order valence-electron chi connectivity index (χ1n) is 10.7. The number of likely N-dealkylation sites (N-methyl/N-ethyl adjacent to an activating group) is 1. The van der Waals surface area contributed by atoms with Crippen molar-refractivity contribution in [3.63, 3.8) is 0 Å². The monoisotopic (exact) mass is 450 g/mol. The summed E-state index contributed by atoms with van der Waals surface area (Å²) >= 11 is 0. The van der Waals surface area contributed by atoms with E-state index in [2.05, 4.69) is 16.7 Å². The van der Waals surface area contributed by atoms with Crippen LogP contribution < -0.4 is 4.74 Å². The van der Waals surface area contributed by atoms with Crippen LogP contribution in [0.1, 0.15) is 29.3 Å². The number of ether oxygens (including phenoxy) is 1. The van der Waals surface area contributed by atoms with E-state index in [0.29, 0.717) is 30.7 Å². The number of benzene rings is 2. The molecule has 0 aromatic heterocycles. The molecule has 2 aromatic rings. The molecule has 2 aromatic carbocycles. The van der Waals surface area contributed by atoms with E-state index >= 15 is 0 Å². The Morgan fingerprint density at radius 2 is 1.71 bits per heavy atom. The number of rotatable bonds is 10. The third-order valence-corrected chi connectivity index (χ3v) is 5.55. The molecule has 0 amide bonds. The van der Waals surface area contributed by atoms with Crippen molar-refractivity contribution in [2.24, 2.45) is 0 Å². The molecular formula is C24H32ClFN2O3. The number of aliphatic hydroxyl groups is 1. The lowest BCUT2D eigenvalue weighted by atomic mass is 10.0. The van der Waals surface area contributed by atoms with E-state index in [1.54, 1.807) is 24.3 Å². The predicted molar refractivity (Wildman–Crippen MR) is 123 cm³/mol. The molecule has 1 saturated heterocycles. The molecule has 0 radical (unpaired) electrons. The first-order chi connectivity index (χ1) is 14.5. The van der Waals surface area contributed by atoms with Crippen molar-refractivity contribution in [3.8, 4) is 5.75 Å².